The van der Waals surface area contributed by atoms with Crippen LogP contribution in [0.25, 0.3) is 22.5 Å². The second kappa shape index (κ2) is 9.83. The smallest absolute Gasteiger partial charge is 0.226 e. The van der Waals surface area contributed by atoms with E-state index in [0.29, 0.717) is 18.0 Å². The van der Waals surface area contributed by atoms with Crippen LogP contribution in [0.1, 0.15) is 23.1 Å². The highest BCUT2D eigenvalue weighted by Gasteiger charge is 2.15. The van der Waals surface area contributed by atoms with Crippen LogP contribution in [0.15, 0.2) is 72.0 Å². The Labute approximate surface area is 192 Å². The second-order valence-electron chi connectivity index (χ2n) is 7.86. The van der Waals surface area contributed by atoms with E-state index >= 15 is 0 Å². The lowest BCUT2D eigenvalue weighted by molar-refractivity contribution is -0.115. The van der Waals surface area contributed by atoms with Gasteiger partial charge >= 0.3 is 0 Å². The largest absolute Gasteiger partial charge is 0.332 e. The summed E-state index contributed by atoms with van der Waals surface area (Å²) >= 11 is 1.55. The number of aromatic amines is 1. The highest BCUT2D eigenvalue weighted by Crippen LogP contribution is 2.33. The van der Waals surface area contributed by atoms with Crippen LogP contribution < -0.4 is 5.32 Å². The van der Waals surface area contributed by atoms with Crippen LogP contribution in [0, 0.1) is 20.8 Å². The molecular formula is C26H26N4OS. The first-order chi connectivity index (χ1) is 15.5. The Morgan fingerprint density at radius 2 is 1.56 bits per heavy atom. The van der Waals surface area contributed by atoms with Gasteiger partial charge in [-0.1, -0.05) is 71.4 Å². The lowest BCUT2D eigenvalue weighted by atomic mass is 10.0. The summed E-state index contributed by atoms with van der Waals surface area (Å²) in [6.07, 6.45) is 2.07. The number of amides is 1. The quantitative estimate of drug-likeness (QED) is 0.335. The predicted molar refractivity (Wildman–Crippen MR) is 132 cm³/mol. The molecule has 32 heavy (non-hydrogen) atoms. The van der Waals surface area contributed by atoms with Gasteiger partial charge in [0, 0.05) is 29.5 Å². The number of hydrogen-bond donors (Lipinski definition) is 2. The van der Waals surface area contributed by atoms with Crippen LogP contribution in [0.3, 0.4) is 0 Å². The normalized spacial score (nSPS) is 10.8. The summed E-state index contributed by atoms with van der Waals surface area (Å²) in [5, 5.41) is 3.66. The maximum atomic E-state index is 12.3. The van der Waals surface area contributed by atoms with E-state index in [1.807, 2.05) is 19.1 Å². The number of rotatable bonds is 7. The number of pyridine rings is 1. The minimum Gasteiger partial charge on any atom is -0.332 e. The molecule has 1 amide bonds. The third-order valence-corrected chi connectivity index (χ3v) is 5.97. The number of benzene rings is 2. The first-order valence-corrected chi connectivity index (χ1v) is 11.6. The lowest BCUT2D eigenvalue weighted by Gasteiger charge is -2.04. The third-order valence-electron chi connectivity index (χ3n) is 5.10. The summed E-state index contributed by atoms with van der Waals surface area (Å²) in [7, 11) is 0. The van der Waals surface area contributed by atoms with Crippen molar-refractivity contribution >= 4 is 23.5 Å². The van der Waals surface area contributed by atoms with Gasteiger partial charge in [-0.05, 0) is 38.5 Å². The molecule has 2 aromatic heterocycles. The van der Waals surface area contributed by atoms with Crippen molar-refractivity contribution in [2.24, 2.45) is 0 Å². The Morgan fingerprint density at radius 1 is 0.906 bits per heavy atom. The minimum absolute atomic E-state index is 0.0559. The van der Waals surface area contributed by atoms with E-state index in [-0.39, 0.29) is 5.91 Å². The molecule has 0 bridgehead atoms. The fraction of sp³-hybridized carbons (Fsp3) is 0.192. The summed E-state index contributed by atoms with van der Waals surface area (Å²) < 4.78 is 0. The molecule has 0 unspecified atom stereocenters. The van der Waals surface area contributed by atoms with Gasteiger partial charge in [-0.15, -0.1) is 0 Å². The molecule has 5 nitrogen and oxygen atoms in total. The van der Waals surface area contributed by atoms with Gasteiger partial charge in [0.25, 0.3) is 0 Å². The topological polar surface area (TPSA) is 70.7 Å². The molecule has 0 aliphatic carbocycles. The van der Waals surface area contributed by atoms with Crippen LogP contribution in [0.2, 0.25) is 0 Å². The molecule has 0 aliphatic heterocycles. The molecule has 4 aromatic rings. The van der Waals surface area contributed by atoms with Crippen LogP contribution in [-0.2, 0) is 4.79 Å². The van der Waals surface area contributed by atoms with Crippen molar-refractivity contribution in [3.63, 3.8) is 0 Å². The number of hydrogen-bond acceptors (Lipinski definition) is 4. The Bertz CT molecular complexity index is 1150. The summed E-state index contributed by atoms with van der Waals surface area (Å²) in [6, 6.07) is 20.6. The van der Waals surface area contributed by atoms with E-state index in [1.165, 1.54) is 11.1 Å². The van der Waals surface area contributed by atoms with E-state index in [1.54, 1.807) is 18.0 Å². The monoisotopic (exact) mass is 442 g/mol. The summed E-state index contributed by atoms with van der Waals surface area (Å²) in [4.78, 5) is 24.8. The van der Waals surface area contributed by atoms with Gasteiger partial charge in [0.2, 0.25) is 5.91 Å². The zero-order valence-corrected chi connectivity index (χ0v) is 19.3. The Morgan fingerprint density at radius 3 is 2.22 bits per heavy atom. The lowest BCUT2D eigenvalue weighted by Crippen LogP contribution is -2.13. The van der Waals surface area contributed by atoms with Gasteiger partial charge < -0.3 is 10.3 Å². The van der Waals surface area contributed by atoms with Crippen LogP contribution in [0.5, 0.6) is 0 Å². The number of thioether (sulfide) groups is 1. The molecule has 0 radical (unpaired) electrons. The molecule has 0 saturated carbocycles. The molecule has 2 N–H and O–H groups in total. The number of carbonyl (C=O) groups excluding carboxylic acids is 1. The molecule has 0 aliphatic rings. The molecule has 4 rings (SSSR count). The predicted octanol–water partition coefficient (Wildman–Crippen LogP) is 6.18. The van der Waals surface area contributed by atoms with Crippen LogP contribution in [0.4, 0.5) is 5.82 Å². The zero-order valence-electron chi connectivity index (χ0n) is 18.5. The van der Waals surface area contributed by atoms with Crippen molar-refractivity contribution in [3.05, 3.63) is 83.6 Å². The van der Waals surface area contributed by atoms with E-state index in [4.69, 9.17) is 4.98 Å². The third kappa shape index (κ3) is 5.45. The van der Waals surface area contributed by atoms with Gasteiger partial charge in [0.1, 0.15) is 5.82 Å². The summed E-state index contributed by atoms with van der Waals surface area (Å²) in [6.45, 7) is 6.13. The van der Waals surface area contributed by atoms with Gasteiger partial charge in [-0.2, -0.15) is 0 Å². The number of aryl methyl sites for hydroxylation is 3. The number of nitrogens with one attached hydrogen (secondary N) is 2. The number of anilines is 1. The van der Waals surface area contributed by atoms with E-state index < -0.39 is 0 Å². The fourth-order valence-corrected chi connectivity index (χ4v) is 4.13. The Balaban J connectivity index is 1.49. The van der Waals surface area contributed by atoms with Crippen molar-refractivity contribution in [1.82, 2.24) is 15.0 Å². The highest BCUT2D eigenvalue weighted by atomic mass is 32.2. The molecule has 0 spiro atoms. The van der Waals surface area contributed by atoms with Crippen LogP contribution in [-0.4, -0.2) is 26.6 Å². The average Bonchev–Trinajstić information content (AvgIpc) is 3.19. The second-order valence-corrected chi connectivity index (χ2v) is 8.95. The summed E-state index contributed by atoms with van der Waals surface area (Å²) in [5.41, 5.74) is 7.56. The minimum atomic E-state index is -0.0559. The van der Waals surface area contributed by atoms with Crippen molar-refractivity contribution in [2.75, 3.05) is 11.1 Å². The number of carbonyl (C=O) groups is 1. The van der Waals surface area contributed by atoms with Gasteiger partial charge in [0.15, 0.2) is 5.16 Å². The van der Waals surface area contributed by atoms with Gasteiger partial charge in [-0.25, -0.2) is 9.97 Å². The molecule has 0 fully saturated rings. The Hall–Kier alpha value is -3.38. The standard InChI is InChI=1S/C26H26N4OS/c1-17-4-8-20(9-5-17)24-25(21-10-6-18(2)7-11-21)30-26(29-24)32-15-13-23(31)28-22-16-19(3)12-14-27-22/h4-12,14,16H,13,15H2,1-3H3,(H,29,30)(H,27,28,31). The SMILES string of the molecule is Cc1ccc(-c2nc(SCCC(=O)Nc3cc(C)ccn3)[nH]c2-c2ccc(C)cc2)cc1. The maximum Gasteiger partial charge on any atom is 0.226 e. The molecule has 6 heteroatoms. The van der Waals surface area contributed by atoms with Gasteiger partial charge in [-0.3, -0.25) is 4.79 Å². The summed E-state index contributed by atoms with van der Waals surface area (Å²) in [5.74, 6) is 1.15. The van der Waals surface area contributed by atoms with E-state index in [2.05, 4.69) is 77.7 Å². The molecule has 2 aromatic carbocycles. The molecule has 0 atom stereocenters. The Kier molecular flexibility index (Phi) is 6.71. The van der Waals surface area contributed by atoms with Crippen molar-refractivity contribution < 1.29 is 4.79 Å². The first kappa shape index (κ1) is 21.8. The maximum absolute atomic E-state index is 12.3. The zero-order chi connectivity index (χ0) is 22.5. The first-order valence-electron chi connectivity index (χ1n) is 10.6. The number of imidazole rings is 1. The average molecular weight is 443 g/mol. The van der Waals surface area contributed by atoms with Crippen molar-refractivity contribution in [3.8, 4) is 22.5 Å². The van der Waals surface area contributed by atoms with E-state index in [9.17, 15) is 4.79 Å². The molecule has 2 heterocycles. The number of H-pyrrole nitrogens is 1. The van der Waals surface area contributed by atoms with Gasteiger partial charge in [0.05, 0.1) is 11.4 Å². The number of aromatic nitrogens is 3. The van der Waals surface area contributed by atoms with E-state index in [0.717, 1.165) is 33.2 Å². The molecule has 0 saturated heterocycles. The van der Waals surface area contributed by atoms with Crippen molar-refractivity contribution in [2.45, 2.75) is 32.3 Å². The number of nitrogens with zero attached hydrogens (tertiary/aromatic N) is 2. The highest BCUT2D eigenvalue weighted by molar-refractivity contribution is 7.99. The molecular weight excluding hydrogens is 416 g/mol. The van der Waals surface area contributed by atoms with Crippen molar-refractivity contribution in [1.29, 1.82) is 0 Å². The fourth-order valence-electron chi connectivity index (χ4n) is 3.32. The molecule has 162 valence electrons. The van der Waals surface area contributed by atoms with Crippen LogP contribution >= 0.6 is 11.8 Å².